The first-order chi connectivity index (χ1) is 8.34. The Labute approximate surface area is 101 Å². The van der Waals surface area contributed by atoms with Gasteiger partial charge in [0.2, 0.25) is 0 Å². The fraction of sp³-hybridized carbons (Fsp3) is 0.385. The van der Waals surface area contributed by atoms with Crippen LogP contribution < -0.4 is 5.32 Å². The van der Waals surface area contributed by atoms with Crippen LogP contribution in [0.2, 0.25) is 0 Å². The van der Waals surface area contributed by atoms with E-state index < -0.39 is 0 Å². The highest BCUT2D eigenvalue weighted by Gasteiger charge is 2.21. The summed E-state index contributed by atoms with van der Waals surface area (Å²) in [6, 6.07) is 4.24. The molecule has 0 amide bonds. The van der Waals surface area contributed by atoms with Gasteiger partial charge in [0.25, 0.3) is 0 Å². The fourth-order valence-corrected chi connectivity index (χ4v) is 2.38. The molecule has 1 atom stereocenters. The van der Waals surface area contributed by atoms with Crippen molar-refractivity contribution in [1.82, 2.24) is 19.9 Å². The van der Waals surface area contributed by atoms with Gasteiger partial charge in [0, 0.05) is 25.1 Å². The first-order valence-electron chi connectivity index (χ1n) is 6.01. The summed E-state index contributed by atoms with van der Waals surface area (Å²) in [5.41, 5.74) is 2.26. The third kappa shape index (κ3) is 1.96. The second-order valence-electron chi connectivity index (χ2n) is 4.46. The van der Waals surface area contributed by atoms with Crippen molar-refractivity contribution in [3.8, 4) is 0 Å². The van der Waals surface area contributed by atoms with Crippen molar-refractivity contribution in [3.63, 3.8) is 0 Å². The van der Waals surface area contributed by atoms with E-state index in [1.54, 1.807) is 6.20 Å². The van der Waals surface area contributed by atoms with Gasteiger partial charge >= 0.3 is 0 Å². The minimum absolute atomic E-state index is 0.167. The molecule has 0 aromatic carbocycles. The van der Waals surface area contributed by atoms with Gasteiger partial charge < -0.3 is 9.88 Å². The van der Waals surface area contributed by atoms with Crippen molar-refractivity contribution in [2.75, 3.05) is 6.54 Å². The fourth-order valence-electron chi connectivity index (χ4n) is 2.38. The topological polar surface area (TPSA) is 42.7 Å². The molecule has 1 unspecified atom stereocenters. The van der Waals surface area contributed by atoms with Crippen LogP contribution in [0.1, 0.15) is 29.5 Å². The van der Waals surface area contributed by atoms with Gasteiger partial charge in [0.15, 0.2) is 0 Å². The number of nitrogens with one attached hydrogen (secondary N) is 1. The number of nitrogens with zero attached hydrogens (tertiary/aromatic N) is 3. The van der Waals surface area contributed by atoms with Crippen LogP contribution in [0.3, 0.4) is 0 Å². The van der Waals surface area contributed by atoms with Gasteiger partial charge in [-0.3, -0.25) is 4.98 Å². The molecule has 3 rings (SSSR count). The molecule has 0 saturated carbocycles. The number of aryl methyl sites for hydroxylation is 2. The summed E-state index contributed by atoms with van der Waals surface area (Å²) < 4.78 is 2.26. The van der Waals surface area contributed by atoms with Crippen LogP contribution in [0.4, 0.5) is 0 Å². The van der Waals surface area contributed by atoms with Crippen LogP contribution in [-0.4, -0.2) is 21.1 Å². The predicted molar refractivity (Wildman–Crippen MR) is 65.7 cm³/mol. The van der Waals surface area contributed by atoms with E-state index in [1.165, 1.54) is 5.56 Å². The molecule has 88 valence electrons. The Balaban J connectivity index is 2.05. The lowest BCUT2D eigenvalue weighted by molar-refractivity contribution is 0.598. The molecular formula is C13H16N4. The van der Waals surface area contributed by atoms with Gasteiger partial charge in [-0.2, -0.15) is 0 Å². The normalized spacial score (nSPS) is 19.7. The molecule has 4 heteroatoms. The van der Waals surface area contributed by atoms with E-state index in [-0.39, 0.29) is 6.04 Å². The quantitative estimate of drug-likeness (QED) is 0.807. The molecule has 0 fully saturated rings. The zero-order valence-electron chi connectivity index (χ0n) is 9.93. The summed E-state index contributed by atoms with van der Waals surface area (Å²) in [6.45, 7) is 4.10. The minimum Gasteiger partial charge on any atom is -0.333 e. The maximum atomic E-state index is 4.64. The highest BCUT2D eigenvalue weighted by atomic mass is 15.1. The van der Waals surface area contributed by atoms with Gasteiger partial charge in [-0.05, 0) is 31.5 Å². The number of rotatable bonds is 1. The number of hydrogen-bond donors (Lipinski definition) is 1. The first kappa shape index (κ1) is 10.5. The Morgan fingerprint density at radius 2 is 2.41 bits per heavy atom. The van der Waals surface area contributed by atoms with E-state index in [1.807, 2.05) is 19.2 Å². The molecule has 2 aromatic heterocycles. The average Bonchev–Trinajstić information content (AvgIpc) is 2.61. The molecule has 1 aliphatic rings. The third-order valence-electron chi connectivity index (χ3n) is 3.13. The maximum absolute atomic E-state index is 4.64. The monoisotopic (exact) mass is 228 g/mol. The van der Waals surface area contributed by atoms with Gasteiger partial charge in [-0.25, -0.2) is 4.98 Å². The van der Waals surface area contributed by atoms with Gasteiger partial charge in [-0.1, -0.05) is 6.07 Å². The number of pyridine rings is 1. The predicted octanol–water partition coefficient (Wildman–Crippen LogP) is 1.67. The maximum Gasteiger partial charge on any atom is 0.130 e. The van der Waals surface area contributed by atoms with E-state index >= 15 is 0 Å². The molecular weight excluding hydrogens is 212 g/mol. The second kappa shape index (κ2) is 4.30. The van der Waals surface area contributed by atoms with Gasteiger partial charge in [0.1, 0.15) is 5.82 Å². The molecule has 0 spiro atoms. The molecule has 3 heterocycles. The van der Waals surface area contributed by atoms with Crippen LogP contribution in [0.5, 0.6) is 0 Å². The average molecular weight is 228 g/mol. The molecule has 0 saturated heterocycles. The highest BCUT2D eigenvalue weighted by molar-refractivity contribution is 5.23. The van der Waals surface area contributed by atoms with E-state index in [0.717, 1.165) is 31.0 Å². The number of fused-ring (bicyclic) bond motifs is 1. The Bertz CT molecular complexity index is 503. The Morgan fingerprint density at radius 3 is 3.24 bits per heavy atom. The third-order valence-corrected chi connectivity index (χ3v) is 3.13. The molecule has 4 nitrogen and oxygen atoms in total. The Hall–Kier alpha value is -1.68. The zero-order chi connectivity index (χ0) is 11.7. The molecule has 0 aliphatic carbocycles. The van der Waals surface area contributed by atoms with Gasteiger partial charge in [-0.15, -0.1) is 0 Å². The van der Waals surface area contributed by atoms with Crippen LogP contribution in [0.25, 0.3) is 0 Å². The van der Waals surface area contributed by atoms with Crippen molar-refractivity contribution in [2.24, 2.45) is 0 Å². The Kier molecular flexibility index (Phi) is 2.65. The number of imidazole rings is 1. The van der Waals surface area contributed by atoms with E-state index in [2.05, 4.69) is 32.1 Å². The van der Waals surface area contributed by atoms with E-state index in [4.69, 9.17) is 0 Å². The van der Waals surface area contributed by atoms with Crippen LogP contribution in [0.15, 0.2) is 30.7 Å². The van der Waals surface area contributed by atoms with Crippen LogP contribution in [0, 0.1) is 6.92 Å². The molecule has 1 N–H and O–H groups in total. The van der Waals surface area contributed by atoms with Crippen molar-refractivity contribution in [3.05, 3.63) is 47.8 Å². The van der Waals surface area contributed by atoms with Crippen molar-refractivity contribution in [2.45, 2.75) is 25.9 Å². The largest absolute Gasteiger partial charge is 0.333 e. The lowest BCUT2D eigenvalue weighted by Crippen LogP contribution is -2.23. The molecule has 0 radical (unpaired) electrons. The minimum atomic E-state index is 0.167. The van der Waals surface area contributed by atoms with Crippen LogP contribution in [-0.2, 0) is 6.54 Å². The SMILES string of the molecule is Cc1cn2c(n1)C(c1cccnc1)NCCC2. The lowest BCUT2D eigenvalue weighted by atomic mass is 10.1. The van der Waals surface area contributed by atoms with Crippen LogP contribution >= 0.6 is 0 Å². The second-order valence-corrected chi connectivity index (χ2v) is 4.46. The smallest absolute Gasteiger partial charge is 0.130 e. The van der Waals surface area contributed by atoms with Crippen molar-refractivity contribution in [1.29, 1.82) is 0 Å². The standard InChI is InChI=1S/C13H16N4/c1-10-9-17-7-3-6-15-12(13(17)16-10)11-4-2-5-14-8-11/h2,4-5,8-9,12,15H,3,6-7H2,1H3. The molecule has 1 aliphatic heterocycles. The molecule has 2 aromatic rings. The summed E-state index contributed by atoms with van der Waals surface area (Å²) in [5, 5.41) is 3.54. The summed E-state index contributed by atoms with van der Waals surface area (Å²) in [5.74, 6) is 1.10. The molecule has 0 bridgehead atoms. The van der Waals surface area contributed by atoms with Gasteiger partial charge in [0.05, 0.1) is 11.7 Å². The van der Waals surface area contributed by atoms with Crippen molar-refractivity contribution < 1.29 is 0 Å². The summed E-state index contributed by atoms with van der Waals surface area (Å²) in [6.07, 6.45) is 6.99. The van der Waals surface area contributed by atoms with E-state index in [0.29, 0.717) is 0 Å². The molecule has 17 heavy (non-hydrogen) atoms. The van der Waals surface area contributed by atoms with Crippen molar-refractivity contribution >= 4 is 0 Å². The Morgan fingerprint density at radius 1 is 1.47 bits per heavy atom. The van der Waals surface area contributed by atoms with E-state index in [9.17, 15) is 0 Å². The zero-order valence-corrected chi connectivity index (χ0v) is 9.93. The summed E-state index contributed by atoms with van der Waals surface area (Å²) in [4.78, 5) is 8.83. The number of aromatic nitrogens is 3. The summed E-state index contributed by atoms with van der Waals surface area (Å²) in [7, 11) is 0. The lowest BCUT2D eigenvalue weighted by Gasteiger charge is -2.15. The summed E-state index contributed by atoms with van der Waals surface area (Å²) >= 11 is 0. The highest BCUT2D eigenvalue weighted by Crippen LogP contribution is 2.23. The first-order valence-corrected chi connectivity index (χ1v) is 6.01. The number of hydrogen-bond acceptors (Lipinski definition) is 3.